The molecule has 0 radical (unpaired) electrons. The molecule has 0 unspecified atom stereocenters. The van der Waals surface area contributed by atoms with Gasteiger partial charge in [-0.1, -0.05) is 19.1 Å². The van der Waals surface area contributed by atoms with E-state index in [-0.39, 0.29) is 5.78 Å². The number of fused-ring (bicyclic) bond motifs is 3. The predicted octanol–water partition coefficient (Wildman–Crippen LogP) is 2.83. The van der Waals surface area contributed by atoms with Gasteiger partial charge in [-0.3, -0.25) is 9.68 Å². The second-order valence-electron chi connectivity index (χ2n) is 5.53. The van der Waals surface area contributed by atoms with Gasteiger partial charge in [0.1, 0.15) is 5.78 Å². The molecule has 0 fully saturated rings. The minimum atomic E-state index is -0.508. The molecule has 1 aromatic heterocycles. The Hall–Kier alpha value is -2.14. The van der Waals surface area contributed by atoms with Crippen LogP contribution in [0.1, 0.15) is 41.4 Å². The van der Waals surface area contributed by atoms with Crippen LogP contribution in [0.2, 0.25) is 0 Å². The van der Waals surface area contributed by atoms with Gasteiger partial charge >= 0.3 is 5.97 Å². The number of nitrogens with zero attached hydrogens (tertiary/aromatic N) is 1. The maximum absolute atomic E-state index is 12.2. The lowest BCUT2D eigenvalue weighted by molar-refractivity contribution is -0.216. The summed E-state index contributed by atoms with van der Waals surface area (Å²) in [6, 6.07) is 5.54. The Bertz CT molecular complexity index is 745. The zero-order chi connectivity index (χ0) is 15.7. The summed E-state index contributed by atoms with van der Waals surface area (Å²) in [6.07, 6.45) is 2.72. The van der Waals surface area contributed by atoms with E-state index in [0.29, 0.717) is 18.4 Å². The Kier molecular flexibility index (Phi) is 3.98. The Morgan fingerprint density at radius 1 is 1.32 bits per heavy atom. The molecule has 0 saturated heterocycles. The van der Waals surface area contributed by atoms with Crippen LogP contribution in [0.15, 0.2) is 18.2 Å². The van der Waals surface area contributed by atoms with Crippen molar-refractivity contribution in [2.24, 2.45) is 0 Å². The summed E-state index contributed by atoms with van der Waals surface area (Å²) in [5, 5.41) is 0.974. The van der Waals surface area contributed by atoms with Gasteiger partial charge in [-0.05, 0) is 24.5 Å². The molecule has 116 valence electrons. The molecule has 0 amide bonds. The van der Waals surface area contributed by atoms with E-state index in [9.17, 15) is 9.59 Å². The van der Waals surface area contributed by atoms with Gasteiger partial charge in [0.2, 0.25) is 0 Å². The van der Waals surface area contributed by atoms with Gasteiger partial charge in [0, 0.05) is 30.5 Å². The molecule has 2 aromatic rings. The Labute approximate surface area is 128 Å². The number of benzene rings is 1. The van der Waals surface area contributed by atoms with Gasteiger partial charge in [-0.15, -0.1) is 0 Å². The van der Waals surface area contributed by atoms with Crippen LogP contribution in [0.4, 0.5) is 0 Å². The number of aromatic nitrogens is 1. The molecule has 3 rings (SSSR count). The van der Waals surface area contributed by atoms with Crippen LogP contribution in [-0.2, 0) is 34.0 Å². The van der Waals surface area contributed by atoms with Crippen LogP contribution >= 0.6 is 0 Å². The Balaban J connectivity index is 2.27. The van der Waals surface area contributed by atoms with E-state index in [4.69, 9.17) is 4.89 Å². The highest BCUT2D eigenvalue weighted by Gasteiger charge is 2.26. The fourth-order valence-electron chi connectivity index (χ4n) is 3.31. The smallest absolute Gasteiger partial charge is 0.344 e. The molecule has 22 heavy (non-hydrogen) atoms. The summed E-state index contributed by atoms with van der Waals surface area (Å²) in [5.74, 6) is -0.250. The van der Waals surface area contributed by atoms with Gasteiger partial charge in [-0.25, -0.2) is 4.79 Å². The van der Waals surface area contributed by atoms with Crippen LogP contribution in [-0.4, -0.2) is 23.4 Å². The monoisotopic (exact) mass is 301 g/mol. The first-order valence-corrected chi connectivity index (χ1v) is 7.57. The number of carbonyl (C=O) groups is 2. The van der Waals surface area contributed by atoms with E-state index in [0.717, 1.165) is 35.9 Å². The largest absolute Gasteiger partial charge is 0.375 e. The van der Waals surface area contributed by atoms with E-state index in [1.807, 2.05) is 12.1 Å². The molecule has 5 nitrogen and oxygen atoms in total. The second kappa shape index (κ2) is 5.93. The zero-order valence-corrected chi connectivity index (χ0v) is 12.8. The third kappa shape index (κ3) is 2.31. The van der Waals surface area contributed by atoms with Gasteiger partial charge in [0.05, 0.1) is 18.2 Å². The van der Waals surface area contributed by atoms with Crippen molar-refractivity contribution in [1.82, 2.24) is 4.57 Å². The van der Waals surface area contributed by atoms with Crippen LogP contribution < -0.4 is 0 Å². The number of para-hydroxylation sites is 1. The van der Waals surface area contributed by atoms with Gasteiger partial charge in [-0.2, -0.15) is 4.89 Å². The first kappa shape index (κ1) is 14.8. The number of ketones is 1. The molecule has 1 aliphatic rings. The number of hydrogen-bond acceptors (Lipinski definition) is 4. The first-order chi connectivity index (χ1) is 10.7. The zero-order valence-electron chi connectivity index (χ0n) is 12.8. The molecule has 0 bridgehead atoms. The van der Waals surface area contributed by atoms with Crippen LogP contribution in [0, 0.1) is 0 Å². The number of hydrogen-bond donors (Lipinski definition) is 0. The summed E-state index contributed by atoms with van der Waals surface area (Å²) >= 11 is 0. The highest BCUT2D eigenvalue weighted by molar-refractivity contribution is 6.05. The lowest BCUT2D eigenvalue weighted by atomic mass is 9.94. The summed E-state index contributed by atoms with van der Waals surface area (Å²) in [7, 11) is 1.31. The van der Waals surface area contributed by atoms with Crippen molar-refractivity contribution in [3.05, 3.63) is 35.0 Å². The van der Waals surface area contributed by atoms with Crippen LogP contribution in [0.3, 0.4) is 0 Å². The third-order valence-electron chi connectivity index (χ3n) is 4.15. The quantitative estimate of drug-likeness (QED) is 0.643. The van der Waals surface area contributed by atoms with Gasteiger partial charge in [0.15, 0.2) is 0 Å². The van der Waals surface area contributed by atoms with Crippen molar-refractivity contribution in [3.8, 4) is 0 Å². The van der Waals surface area contributed by atoms with E-state index in [1.165, 1.54) is 12.8 Å². The van der Waals surface area contributed by atoms with Crippen molar-refractivity contribution in [2.75, 3.05) is 7.11 Å². The van der Waals surface area contributed by atoms with E-state index in [2.05, 4.69) is 16.4 Å². The predicted molar refractivity (Wildman–Crippen MR) is 81.7 cm³/mol. The van der Waals surface area contributed by atoms with Crippen LogP contribution in [0.5, 0.6) is 0 Å². The van der Waals surface area contributed by atoms with Gasteiger partial charge in [0.25, 0.3) is 0 Å². The fraction of sp³-hybridized carbons (Fsp3) is 0.412. The number of aryl methyl sites for hydroxylation is 1. The van der Waals surface area contributed by atoms with Crippen molar-refractivity contribution in [2.45, 2.75) is 39.2 Å². The molecule has 0 N–H and O–H groups in total. The molecule has 5 heteroatoms. The highest BCUT2D eigenvalue weighted by atomic mass is 17.2. The van der Waals surface area contributed by atoms with E-state index >= 15 is 0 Å². The average Bonchev–Trinajstić information content (AvgIpc) is 2.82. The Morgan fingerprint density at radius 2 is 2.14 bits per heavy atom. The summed E-state index contributed by atoms with van der Waals surface area (Å²) in [6.45, 7) is 2.92. The summed E-state index contributed by atoms with van der Waals surface area (Å²) in [4.78, 5) is 33.2. The second-order valence-corrected chi connectivity index (χ2v) is 5.53. The minimum Gasteiger partial charge on any atom is -0.344 e. The molecular weight excluding hydrogens is 282 g/mol. The molecular formula is C17H19NO4. The molecule has 0 saturated carbocycles. The maximum atomic E-state index is 12.2. The van der Waals surface area contributed by atoms with Crippen LogP contribution in [0.25, 0.3) is 10.9 Å². The average molecular weight is 301 g/mol. The highest BCUT2D eigenvalue weighted by Crippen LogP contribution is 2.33. The topological polar surface area (TPSA) is 57.5 Å². The fourth-order valence-corrected chi connectivity index (χ4v) is 3.31. The summed E-state index contributed by atoms with van der Waals surface area (Å²) in [5.41, 5.74) is 3.57. The van der Waals surface area contributed by atoms with Crippen molar-refractivity contribution in [1.29, 1.82) is 0 Å². The van der Waals surface area contributed by atoms with Gasteiger partial charge < -0.3 is 4.57 Å². The first-order valence-electron chi connectivity index (χ1n) is 7.57. The van der Waals surface area contributed by atoms with E-state index in [1.54, 1.807) is 6.07 Å². The third-order valence-corrected chi connectivity index (χ3v) is 4.15. The van der Waals surface area contributed by atoms with Crippen molar-refractivity contribution >= 4 is 22.7 Å². The number of rotatable bonds is 4. The van der Waals surface area contributed by atoms with Crippen molar-refractivity contribution in [3.63, 3.8) is 0 Å². The van der Waals surface area contributed by atoms with E-state index < -0.39 is 5.97 Å². The number of Topliss-reactive ketones (excluding diaryl/α,β-unsaturated/α-hetero) is 1. The normalized spacial score (nSPS) is 14.2. The molecule has 0 spiro atoms. The maximum Gasteiger partial charge on any atom is 0.375 e. The van der Waals surface area contributed by atoms with Crippen molar-refractivity contribution < 1.29 is 19.4 Å². The molecule has 1 aromatic carbocycles. The molecule has 1 aliphatic carbocycles. The Morgan fingerprint density at radius 3 is 2.86 bits per heavy atom. The molecule has 0 atom stereocenters. The molecule has 0 aliphatic heterocycles. The lowest BCUT2D eigenvalue weighted by Crippen LogP contribution is -2.15. The standard InChI is InChI=1S/C17H19NO4/c1-3-9-18-15-8-7-11(19)10-14(15)12-5-4-6-13(16(12)18)17(20)22-21-2/h4-6H,3,7-10H2,1-2H3. The SMILES string of the molecule is CCCn1c2c(c3cccc(C(=O)OOC)c31)CC(=O)CC2. The minimum absolute atomic E-state index is 0.257. The lowest BCUT2D eigenvalue weighted by Gasteiger charge is -2.15. The summed E-state index contributed by atoms with van der Waals surface area (Å²) < 4.78 is 2.17. The molecule has 1 heterocycles. The number of carbonyl (C=O) groups excluding carboxylic acids is 2.